The number of halogens is 2. The summed E-state index contributed by atoms with van der Waals surface area (Å²) in [5.74, 6) is 0. The van der Waals surface area contributed by atoms with Gasteiger partial charge in [-0.15, -0.1) is 0 Å². The summed E-state index contributed by atoms with van der Waals surface area (Å²) in [5, 5.41) is 13.8. The molecule has 1 aromatic carbocycles. The average molecular weight is 248 g/mol. The van der Waals surface area contributed by atoms with Crippen molar-refractivity contribution in [3.8, 4) is 0 Å². The van der Waals surface area contributed by atoms with Crippen molar-refractivity contribution < 1.29 is 9.84 Å². The van der Waals surface area contributed by atoms with Gasteiger partial charge >= 0.3 is 0 Å². The molecular formula is C10H11Cl2NO2. The third-order valence-electron chi connectivity index (χ3n) is 2.27. The molecule has 1 saturated heterocycles. The molecule has 2 atom stereocenters. The lowest BCUT2D eigenvalue weighted by atomic mass is 10.2. The molecule has 2 N–H and O–H groups in total. The molecule has 82 valence electrons. The van der Waals surface area contributed by atoms with Crippen molar-refractivity contribution >= 4 is 28.9 Å². The first kappa shape index (κ1) is 11.0. The fourth-order valence-corrected chi connectivity index (χ4v) is 2.06. The Balaban J connectivity index is 2.10. The predicted molar refractivity (Wildman–Crippen MR) is 60.7 cm³/mol. The van der Waals surface area contributed by atoms with Crippen molar-refractivity contribution in [2.24, 2.45) is 0 Å². The van der Waals surface area contributed by atoms with Crippen molar-refractivity contribution in [2.75, 3.05) is 18.5 Å². The molecule has 0 amide bonds. The van der Waals surface area contributed by atoms with Gasteiger partial charge in [-0.05, 0) is 18.2 Å². The molecule has 2 rings (SSSR count). The minimum absolute atomic E-state index is 0.0977. The molecule has 0 aromatic heterocycles. The second-order valence-electron chi connectivity index (χ2n) is 3.51. The lowest BCUT2D eigenvalue weighted by molar-refractivity contribution is 0.125. The number of benzene rings is 1. The Labute approximate surface area is 97.9 Å². The fraction of sp³-hybridized carbons (Fsp3) is 0.400. The van der Waals surface area contributed by atoms with Crippen molar-refractivity contribution in [3.63, 3.8) is 0 Å². The van der Waals surface area contributed by atoms with Gasteiger partial charge in [0.15, 0.2) is 0 Å². The summed E-state index contributed by atoms with van der Waals surface area (Å²) in [5.41, 5.74) is 0.794. The molecule has 1 fully saturated rings. The van der Waals surface area contributed by atoms with Gasteiger partial charge in [0.2, 0.25) is 0 Å². The van der Waals surface area contributed by atoms with Crippen LogP contribution in [0.25, 0.3) is 0 Å². The first-order valence-corrected chi connectivity index (χ1v) is 5.39. The molecule has 0 spiro atoms. The number of aliphatic hydroxyl groups is 1. The van der Waals surface area contributed by atoms with Gasteiger partial charge in [0.05, 0.1) is 25.4 Å². The minimum Gasteiger partial charge on any atom is -0.388 e. The summed E-state index contributed by atoms with van der Waals surface area (Å²) in [7, 11) is 0. The van der Waals surface area contributed by atoms with Crippen LogP contribution in [-0.2, 0) is 4.74 Å². The van der Waals surface area contributed by atoms with Crippen molar-refractivity contribution in [2.45, 2.75) is 12.1 Å². The van der Waals surface area contributed by atoms with Crippen molar-refractivity contribution in [3.05, 3.63) is 28.2 Å². The first-order valence-electron chi connectivity index (χ1n) is 4.63. The standard InChI is InChI=1S/C10H11Cl2NO2/c11-6-1-7(12)3-8(2-6)13-9-4-15-5-10(9)14/h1-3,9-10,13-14H,4-5H2/t9-,10-/m0/s1. The molecule has 0 saturated carbocycles. The molecule has 0 radical (unpaired) electrons. The number of rotatable bonds is 2. The van der Waals surface area contributed by atoms with Crippen LogP contribution in [0.15, 0.2) is 18.2 Å². The quantitative estimate of drug-likeness (QED) is 0.842. The van der Waals surface area contributed by atoms with Crippen LogP contribution < -0.4 is 5.32 Å². The molecule has 1 aliphatic heterocycles. The van der Waals surface area contributed by atoms with Crippen LogP contribution in [0.5, 0.6) is 0 Å². The highest BCUT2D eigenvalue weighted by atomic mass is 35.5. The Morgan fingerprint density at radius 2 is 1.87 bits per heavy atom. The smallest absolute Gasteiger partial charge is 0.0996 e. The van der Waals surface area contributed by atoms with Crippen LogP contribution in [0, 0.1) is 0 Å². The number of anilines is 1. The molecule has 1 aliphatic rings. The molecule has 0 aliphatic carbocycles. The van der Waals surface area contributed by atoms with E-state index in [0.717, 1.165) is 5.69 Å². The van der Waals surface area contributed by atoms with Crippen molar-refractivity contribution in [1.29, 1.82) is 0 Å². The Morgan fingerprint density at radius 3 is 2.40 bits per heavy atom. The van der Waals surface area contributed by atoms with E-state index in [1.807, 2.05) is 0 Å². The van der Waals surface area contributed by atoms with Crippen LogP contribution in [0.3, 0.4) is 0 Å². The summed E-state index contributed by atoms with van der Waals surface area (Å²) in [6, 6.07) is 5.09. The second-order valence-corrected chi connectivity index (χ2v) is 4.39. The summed E-state index contributed by atoms with van der Waals surface area (Å²) in [6.45, 7) is 0.858. The number of hydrogen-bond acceptors (Lipinski definition) is 3. The van der Waals surface area contributed by atoms with Gasteiger partial charge in [0.1, 0.15) is 0 Å². The monoisotopic (exact) mass is 247 g/mol. The highest BCUT2D eigenvalue weighted by Crippen LogP contribution is 2.24. The normalized spacial score (nSPS) is 25.5. The van der Waals surface area contributed by atoms with Gasteiger partial charge in [0, 0.05) is 15.7 Å². The highest BCUT2D eigenvalue weighted by molar-refractivity contribution is 6.35. The average Bonchev–Trinajstić information content (AvgIpc) is 2.50. The zero-order valence-corrected chi connectivity index (χ0v) is 9.42. The van der Waals surface area contributed by atoms with E-state index in [1.165, 1.54) is 0 Å². The first-order chi connectivity index (χ1) is 7.15. The van der Waals surface area contributed by atoms with Gasteiger partial charge in [0.25, 0.3) is 0 Å². The van der Waals surface area contributed by atoms with Gasteiger partial charge in [-0.2, -0.15) is 0 Å². The topological polar surface area (TPSA) is 41.5 Å². The molecule has 0 bridgehead atoms. The van der Waals surface area contributed by atoms with Crippen LogP contribution in [-0.4, -0.2) is 30.5 Å². The number of nitrogens with one attached hydrogen (secondary N) is 1. The predicted octanol–water partition coefficient (Wildman–Crippen LogP) is 2.17. The Kier molecular flexibility index (Phi) is 3.36. The molecule has 5 heteroatoms. The largest absolute Gasteiger partial charge is 0.388 e. The van der Waals surface area contributed by atoms with Gasteiger partial charge in [-0.3, -0.25) is 0 Å². The summed E-state index contributed by atoms with van der Waals surface area (Å²) < 4.78 is 5.12. The summed E-state index contributed by atoms with van der Waals surface area (Å²) >= 11 is 11.7. The van der Waals surface area contributed by atoms with Crippen LogP contribution in [0.4, 0.5) is 5.69 Å². The van der Waals surface area contributed by atoms with E-state index in [-0.39, 0.29) is 6.04 Å². The van der Waals surface area contributed by atoms with E-state index in [4.69, 9.17) is 27.9 Å². The lowest BCUT2D eigenvalue weighted by Gasteiger charge is -2.16. The summed E-state index contributed by atoms with van der Waals surface area (Å²) in [4.78, 5) is 0. The SMILES string of the molecule is O[C@H]1COC[C@@H]1Nc1cc(Cl)cc(Cl)c1. The maximum Gasteiger partial charge on any atom is 0.0996 e. The van der Waals surface area contributed by atoms with E-state index in [1.54, 1.807) is 18.2 Å². The van der Waals surface area contributed by atoms with E-state index in [9.17, 15) is 5.11 Å². The molecule has 1 aromatic rings. The van der Waals surface area contributed by atoms with E-state index in [0.29, 0.717) is 23.3 Å². The van der Waals surface area contributed by atoms with Crippen LogP contribution in [0.2, 0.25) is 10.0 Å². The minimum atomic E-state index is -0.484. The molecule has 15 heavy (non-hydrogen) atoms. The number of aliphatic hydroxyl groups excluding tert-OH is 1. The maximum atomic E-state index is 9.54. The third kappa shape index (κ3) is 2.75. The zero-order valence-electron chi connectivity index (χ0n) is 7.91. The maximum absolute atomic E-state index is 9.54. The highest BCUT2D eigenvalue weighted by Gasteiger charge is 2.25. The number of ether oxygens (including phenoxy) is 1. The van der Waals surface area contributed by atoms with Gasteiger partial charge in [-0.1, -0.05) is 23.2 Å². The van der Waals surface area contributed by atoms with E-state index >= 15 is 0 Å². The van der Waals surface area contributed by atoms with E-state index < -0.39 is 6.10 Å². The van der Waals surface area contributed by atoms with Crippen molar-refractivity contribution in [1.82, 2.24) is 0 Å². The lowest BCUT2D eigenvalue weighted by Crippen LogP contribution is -2.31. The Bertz CT molecular complexity index is 339. The number of hydrogen-bond donors (Lipinski definition) is 2. The van der Waals surface area contributed by atoms with Crippen LogP contribution >= 0.6 is 23.2 Å². The molecule has 0 unspecified atom stereocenters. The van der Waals surface area contributed by atoms with Crippen LogP contribution in [0.1, 0.15) is 0 Å². The second kappa shape index (κ2) is 4.58. The van der Waals surface area contributed by atoms with Gasteiger partial charge in [-0.25, -0.2) is 0 Å². The Morgan fingerprint density at radius 1 is 1.20 bits per heavy atom. The fourth-order valence-electron chi connectivity index (χ4n) is 1.53. The molecular weight excluding hydrogens is 237 g/mol. The third-order valence-corrected chi connectivity index (χ3v) is 2.70. The molecule has 3 nitrogen and oxygen atoms in total. The Hall–Kier alpha value is -0.480. The van der Waals surface area contributed by atoms with Gasteiger partial charge < -0.3 is 15.2 Å². The molecule has 1 heterocycles. The zero-order chi connectivity index (χ0) is 10.8. The van der Waals surface area contributed by atoms with E-state index in [2.05, 4.69) is 5.32 Å². The summed E-state index contributed by atoms with van der Waals surface area (Å²) in [6.07, 6.45) is -0.484.